The van der Waals surface area contributed by atoms with Gasteiger partial charge in [-0.15, -0.1) is 0 Å². The second-order valence-corrected chi connectivity index (χ2v) is 3.42. The molecule has 0 amide bonds. The highest BCUT2D eigenvalue weighted by atomic mass is 16.5. The fourth-order valence-electron chi connectivity index (χ4n) is 1.36. The van der Waals surface area contributed by atoms with E-state index in [-0.39, 0.29) is 0 Å². The zero-order chi connectivity index (χ0) is 12.1. The van der Waals surface area contributed by atoms with Crippen LogP contribution in [0.15, 0.2) is 12.1 Å². The van der Waals surface area contributed by atoms with Crippen molar-refractivity contribution in [1.82, 2.24) is 0 Å². The third-order valence-electron chi connectivity index (χ3n) is 2.13. The summed E-state index contributed by atoms with van der Waals surface area (Å²) in [7, 11) is 0. The highest BCUT2D eigenvalue weighted by molar-refractivity contribution is 5.87. The summed E-state index contributed by atoms with van der Waals surface area (Å²) in [5, 5.41) is 8.48. The van der Waals surface area contributed by atoms with Gasteiger partial charge in [0.25, 0.3) is 0 Å². The second-order valence-electron chi connectivity index (χ2n) is 3.42. The lowest BCUT2D eigenvalue weighted by Crippen LogP contribution is -1.96. The molecule has 0 unspecified atom stereocenters. The van der Waals surface area contributed by atoms with E-state index in [1.54, 1.807) is 0 Å². The fourth-order valence-corrected chi connectivity index (χ4v) is 1.36. The van der Waals surface area contributed by atoms with Gasteiger partial charge in [0.1, 0.15) is 5.75 Å². The summed E-state index contributed by atoms with van der Waals surface area (Å²) in [6.45, 7) is 6.33. The molecular weight excluding hydrogens is 204 g/mol. The van der Waals surface area contributed by atoms with E-state index >= 15 is 0 Å². The van der Waals surface area contributed by atoms with E-state index in [1.807, 2.05) is 32.9 Å². The summed E-state index contributed by atoms with van der Waals surface area (Å²) in [5.41, 5.74) is 2.60. The first-order chi connectivity index (χ1) is 7.54. The number of benzene rings is 1. The first kappa shape index (κ1) is 12.1. The Kier molecular flexibility index (Phi) is 3.96. The molecule has 0 saturated heterocycles. The summed E-state index contributed by atoms with van der Waals surface area (Å²) < 4.78 is 5.43. The molecule has 0 spiro atoms. The summed E-state index contributed by atoms with van der Waals surface area (Å²) >= 11 is 0. The predicted molar refractivity (Wildman–Crippen MR) is 61.6 cm³/mol. The zero-order valence-electron chi connectivity index (χ0n) is 9.63. The Morgan fingerprint density at radius 3 is 2.62 bits per heavy atom. The number of rotatable bonds is 2. The Balaban J connectivity index is 3.11. The van der Waals surface area contributed by atoms with Crippen molar-refractivity contribution < 1.29 is 14.6 Å². The van der Waals surface area contributed by atoms with Crippen molar-refractivity contribution in [2.75, 3.05) is 6.61 Å². The van der Waals surface area contributed by atoms with Gasteiger partial charge in [-0.25, -0.2) is 4.79 Å². The summed E-state index contributed by atoms with van der Waals surface area (Å²) in [6, 6.07) is 3.72. The van der Waals surface area contributed by atoms with Gasteiger partial charge in [0.2, 0.25) is 0 Å². The number of carboxylic acids is 1. The topological polar surface area (TPSA) is 46.5 Å². The molecule has 0 saturated carbocycles. The summed E-state index contributed by atoms with van der Waals surface area (Å²) in [6.07, 6.45) is 0. The summed E-state index contributed by atoms with van der Waals surface area (Å²) in [4.78, 5) is 10.3. The molecule has 0 fully saturated rings. The van der Waals surface area contributed by atoms with E-state index in [1.165, 1.54) is 0 Å². The van der Waals surface area contributed by atoms with Gasteiger partial charge in [-0.2, -0.15) is 0 Å². The van der Waals surface area contributed by atoms with E-state index < -0.39 is 5.97 Å². The van der Waals surface area contributed by atoms with Crippen LogP contribution >= 0.6 is 0 Å². The van der Waals surface area contributed by atoms with Crippen molar-refractivity contribution in [3.63, 3.8) is 0 Å². The Bertz CT molecular complexity index is 464. The Morgan fingerprint density at radius 2 is 2.06 bits per heavy atom. The molecule has 0 aliphatic carbocycles. The molecule has 84 valence electrons. The van der Waals surface area contributed by atoms with Crippen molar-refractivity contribution >= 4 is 5.97 Å². The van der Waals surface area contributed by atoms with Crippen molar-refractivity contribution in [3.8, 4) is 17.6 Å². The quantitative estimate of drug-likeness (QED) is 0.773. The van der Waals surface area contributed by atoms with E-state index in [2.05, 4.69) is 11.8 Å². The maximum absolute atomic E-state index is 10.3. The summed E-state index contributed by atoms with van der Waals surface area (Å²) in [5.74, 6) is 4.43. The minimum atomic E-state index is -1.12. The van der Waals surface area contributed by atoms with Gasteiger partial charge in [-0.1, -0.05) is 5.92 Å². The molecule has 16 heavy (non-hydrogen) atoms. The van der Waals surface area contributed by atoms with Crippen molar-refractivity contribution in [2.24, 2.45) is 0 Å². The molecule has 1 aromatic rings. The van der Waals surface area contributed by atoms with Crippen molar-refractivity contribution in [3.05, 3.63) is 28.8 Å². The first-order valence-corrected chi connectivity index (χ1v) is 5.03. The number of aliphatic carboxylic acids is 1. The van der Waals surface area contributed by atoms with E-state index in [4.69, 9.17) is 9.84 Å². The largest absolute Gasteiger partial charge is 0.494 e. The van der Waals surface area contributed by atoms with Crippen LogP contribution in [0.25, 0.3) is 0 Å². The van der Waals surface area contributed by atoms with Gasteiger partial charge in [-0.3, -0.25) is 0 Å². The van der Waals surface area contributed by atoms with Crippen molar-refractivity contribution in [1.29, 1.82) is 0 Å². The Morgan fingerprint density at radius 1 is 1.38 bits per heavy atom. The van der Waals surface area contributed by atoms with E-state index in [9.17, 15) is 4.79 Å². The Hall–Kier alpha value is -1.95. The van der Waals surface area contributed by atoms with Gasteiger partial charge < -0.3 is 9.84 Å². The van der Waals surface area contributed by atoms with Crippen LogP contribution < -0.4 is 4.74 Å². The van der Waals surface area contributed by atoms with Gasteiger partial charge in [0.05, 0.1) is 6.61 Å². The fraction of sp³-hybridized carbons (Fsp3) is 0.308. The molecule has 0 radical (unpaired) electrons. The Labute approximate surface area is 95.1 Å². The molecule has 3 nitrogen and oxygen atoms in total. The molecule has 1 rings (SSSR count). The van der Waals surface area contributed by atoms with Crippen LogP contribution in [0.1, 0.15) is 23.6 Å². The smallest absolute Gasteiger partial charge is 0.382 e. The zero-order valence-corrected chi connectivity index (χ0v) is 9.63. The van der Waals surface area contributed by atoms with Crippen LogP contribution in [0.4, 0.5) is 0 Å². The lowest BCUT2D eigenvalue weighted by atomic mass is 10.0. The molecule has 1 aromatic carbocycles. The van der Waals surface area contributed by atoms with Gasteiger partial charge in [0, 0.05) is 11.5 Å². The molecule has 3 heteroatoms. The average molecular weight is 218 g/mol. The lowest BCUT2D eigenvalue weighted by Gasteiger charge is -2.09. The van der Waals surface area contributed by atoms with Gasteiger partial charge >= 0.3 is 5.97 Å². The van der Waals surface area contributed by atoms with Gasteiger partial charge in [0.15, 0.2) is 0 Å². The highest BCUT2D eigenvalue weighted by Crippen LogP contribution is 2.22. The normalized spacial score (nSPS) is 9.19. The molecule has 1 N–H and O–H groups in total. The molecule has 0 bridgehead atoms. The molecule has 0 atom stereocenters. The highest BCUT2D eigenvalue weighted by Gasteiger charge is 2.03. The SMILES string of the molecule is CCOc1cc(C)c(C#CC(=O)O)cc1C. The molecule has 0 aliphatic heterocycles. The van der Waals surface area contributed by atoms with Crippen LogP contribution in [0, 0.1) is 25.7 Å². The third-order valence-corrected chi connectivity index (χ3v) is 2.13. The molecule has 0 heterocycles. The maximum atomic E-state index is 10.3. The van der Waals surface area contributed by atoms with Crippen LogP contribution in [0.3, 0.4) is 0 Å². The standard InChI is InChI=1S/C13H14O3/c1-4-16-12-8-9(2)11(7-10(12)3)5-6-13(14)15/h7-8H,4H2,1-3H3,(H,14,15). The average Bonchev–Trinajstić information content (AvgIpc) is 2.21. The minimum absolute atomic E-state index is 0.612. The monoisotopic (exact) mass is 218 g/mol. The van der Waals surface area contributed by atoms with Crippen LogP contribution in [0.2, 0.25) is 0 Å². The number of hydrogen-bond donors (Lipinski definition) is 1. The van der Waals surface area contributed by atoms with Gasteiger partial charge in [-0.05, 0) is 44.0 Å². The molecule has 0 aliphatic rings. The van der Waals surface area contributed by atoms with Crippen LogP contribution in [-0.4, -0.2) is 17.7 Å². The number of hydrogen-bond acceptors (Lipinski definition) is 2. The number of carbonyl (C=O) groups is 1. The first-order valence-electron chi connectivity index (χ1n) is 5.03. The van der Waals surface area contributed by atoms with E-state index in [0.717, 1.165) is 22.4 Å². The lowest BCUT2D eigenvalue weighted by molar-refractivity contribution is -0.130. The van der Waals surface area contributed by atoms with E-state index in [0.29, 0.717) is 6.61 Å². The van der Waals surface area contributed by atoms with Crippen LogP contribution in [0.5, 0.6) is 5.75 Å². The minimum Gasteiger partial charge on any atom is -0.494 e. The number of aryl methyl sites for hydroxylation is 2. The maximum Gasteiger partial charge on any atom is 0.382 e. The second kappa shape index (κ2) is 5.22. The van der Waals surface area contributed by atoms with Crippen molar-refractivity contribution in [2.45, 2.75) is 20.8 Å². The van der Waals surface area contributed by atoms with Crippen LogP contribution in [-0.2, 0) is 4.79 Å². The molecule has 0 aromatic heterocycles. The number of carboxylic acid groups (broad SMARTS) is 1. The predicted octanol–water partition coefficient (Wildman–Crippen LogP) is 2.14. The molecular formula is C13H14O3. The number of ether oxygens (including phenoxy) is 1. The third kappa shape index (κ3) is 3.03.